The van der Waals surface area contributed by atoms with Crippen molar-refractivity contribution in [2.24, 2.45) is 0 Å². The van der Waals surface area contributed by atoms with E-state index in [0.29, 0.717) is 10.5 Å². The van der Waals surface area contributed by atoms with Crippen LogP contribution in [0.1, 0.15) is 5.56 Å². The molecule has 0 N–H and O–H groups in total. The van der Waals surface area contributed by atoms with E-state index in [1.165, 1.54) is 35.2 Å². The Balaban J connectivity index is 1.94. The predicted molar refractivity (Wildman–Crippen MR) is 92.2 cm³/mol. The molecule has 0 bridgehead atoms. The van der Waals surface area contributed by atoms with Gasteiger partial charge in [-0.2, -0.15) is 5.26 Å². The fourth-order valence-electron chi connectivity index (χ4n) is 1.99. The fourth-order valence-corrected chi connectivity index (χ4v) is 3.96. The highest BCUT2D eigenvalue weighted by Gasteiger charge is 2.13. The molecule has 0 aliphatic heterocycles. The van der Waals surface area contributed by atoms with Gasteiger partial charge in [-0.15, -0.1) is 11.3 Å². The topological polar surface area (TPSA) is 79.8 Å². The van der Waals surface area contributed by atoms with Crippen LogP contribution < -0.4 is 0 Å². The normalized spacial score (nSPS) is 11.3. The Morgan fingerprint density at radius 1 is 1.26 bits per heavy atom. The summed E-state index contributed by atoms with van der Waals surface area (Å²) in [5.41, 5.74) is 1.26. The van der Waals surface area contributed by atoms with Crippen molar-refractivity contribution in [3.8, 4) is 6.07 Å². The van der Waals surface area contributed by atoms with Crippen molar-refractivity contribution >= 4 is 45.1 Å². The van der Waals surface area contributed by atoms with Crippen molar-refractivity contribution in [2.75, 3.05) is 0 Å². The lowest BCUT2D eigenvalue weighted by atomic mass is 10.1. The van der Waals surface area contributed by atoms with Gasteiger partial charge in [0.15, 0.2) is 4.34 Å². The van der Waals surface area contributed by atoms with E-state index in [2.05, 4.69) is 11.1 Å². The highest BCUT2D eigenvalue weighted by atomic mass is 32.2. The third-order valence-corrected chi connectivity index (χ3v) is 5.03. The van der Waals surface area contributed by atoms with Crippen molar-refractivity contribution in [2.45, 2.75) is 4.34 Å². The minimum Gasteiger partial charge on any atom is -0.258 e. The van der Waals surface area contributed by atoms with Gasteiger partial charge in [-0.05, 0) is 36.0 Å². The van der Waals surface area contributed by atoms with Gasteiger partial charge in [-0.3, -0.25) is 10.1 Å². The van der Waals surface area contributed by atoms with E-state index in [0.717, 1.165) is 14.6 Å². The molecule has 112 valence electrons. The van der Waals surface area contributed by atoms with Crippen LogP contribution in [-0.2, 0) is 0 Å². The van der Waals surface area contributed by atoms with Crippen molar-refractivity contribution in [1.82, 2.24) is 4.98 Å². The number of hydrogen-bond donors (Lipinski definition) is 0. The summed E-state index contributed by atoms with van der Waals surface area (Å²) < 4.78 is 1.77. The molecule has 0 aliphatic carbocycles. The van der Waals surface area contributed by atoms with Crippen LogP contribution in [0.2, 0.25) is 0 Å². The summed E-state index contributed by atoms with van der Waals surface area (Å²) in [6.07, 6.45) is 1.52. The first kappa shape index (κ1) is 15.2. The lowest BCUT2D eigenvalue weighted by Gasteiger charge is -1.98. The number of fused-ring (bicyclic) bond motifs is 1. The van der Waals surface area contributed by atoms with Crippen LogP contribution in [0.15, 0.2) is 57.8 Å². The predicted octanol–water partition coefficient (Wildman–Crippen LogP) is 4.86. The molecule has 0 fully saturated rings. The van der Waals surface area contributed by atoms with Crippen LogP contribution in [0.5, 0.6) is 0 Å². The molecular weight excluding hydrogens is 330 g/mol. The monoisotopic (exact) mass is 339 g/mol. The van der Waals surface area contributed by atoms with Crippen LogP contribution in [0.3, 0.4) is 0 Å². The molecule has 0 amide bonds. The van der Waals surface area contributed by atoms with Crippen LogP contribution >= 0.6 is 23.1 Å². The third kappa shape index (κ3) is 3.39. The molecule has 1 aromatic heterocycles. The van der Waals surface area contributed by atoms with Crippen molar-refractivity contribution in [1.29, 1.82) is 5.26 Å². The van der Waals surface area contributed by atoms with E-state index in [1.807, 2.05) is 24.3 Å². The lowest BCUT2D eigenvalue weighted by Crippen LogP contribution is -1.90. The SMILES string of the molecule is N#CC(=Cc1ccccc1[N+](=O)[O-])Sc1nc2ccccc2s1. The number of hydrogen-bond acceptors (Lipinski definition) is 6. The molecule has 3 rings (SSSR count). The number of nitrogens with zero attached hydrogens (tertiary/aromatic N) is 3. The number of nitro groups is 1. The van der Waals surface area contributed by atoms with Gasteiger partial charge in [0.25, 0.3) is 5.69 Å². The minimum absolute atomic E-state index is 0.0230. The number of benzene rings is 2. The Hall–Kier alpha value is -2.69. The maximum absolute atomic E-state index is 11.0. The summed E-state index contributed by atoms with van der Waals surface area (Å²) in [6, 6.07) is 16.1. The van der Waals surface area contributed by atoms with Crippen LogP contribution in [-0.4, -0.2) is 9.91 Å². The first-order valence-corrected chi connectivity index (χ1v) is 8.19. The van der Waals surface area contributed by atoms with Crippen molar-refractivity contribution in [3.05, 3.63) is 69.1 Å². The number of thioether (sulfide) groups is 1. The largest absolute Gasteiger partial charge is 0.276 e. The lowest BCUT2D eigenvalue weighted by molar-refractivity contribution is -0.385. The second kappa shape index (κ2) is 6.60. The fraction of sp³-hybridized carbons (Fsp3) is 0. The molecule has 7 heteroatoms. The number of para-hydroxylation sites is 2. The van der Waals surface area contributed by atoms with E-state index in [9.17, 15) is 15.4 Å². The standard InChI is InChI=1S/C16H9N3O2S2/c17-10-12(9-11-5-1-3-7-14(11)19(20)21)22-16-18-13-6-2-4-8-15(13)23-16/h1-9H. The first-order valence-electron chi connectivity index (χ1n) is 6.56. The molecule has 0 saturated carbocycles. The van der Waals surface area contributed by atoms with Gasteiger partial charge >= 0.3 is 0 Å². The first-order chi connectivity index (χ1) is 11.2. The van der Waals surface area contributed by atoms with Gasteiger partial charge < -0.3 is 0 Å². The quantitative estimate of drug-likeness (QED) is 0.293. The molecule has 3 aromatic rings. The summed E-state index contributed by atoms with van der Waals surface area (Å²) in [5.74, 6) is 0. The Morgan fingerprint density at radius 2 is 2.00 bits per heavy atom. The molecule has 0 aliphatic rings. The zero-order valence-electron chi connectivity index (χ0n) is 11.7. The number of allylic oxidation sites excluding steroid dienone is 1. The van der Waals surface area contributed by atoms with Crippen molar-refractivity contribution < 1.29 is 4.92 Å². The van der Waals surface area contributed by atoms with Gasteiger partial charge in [-0.25, -0.2) is 4.98 Å². The van der Waals surface area contributed by atoms with Gasteiger partial charge in [-0.1, -0.05) is 24.3 Å². The molecule has 1 heterocycles. The maximum atomic E-state index is 11.0. The number of nitro benzene ring substituents is 1. The van der Waals surface area contributed by atoms with Gasteiger partial charge in [0.2, 0.25) is 0 Å². The number of rotatable bonds is 4. The molecule has 0 atom stereocenters. The van der Waals surface area contributed by atoms with E-state index in [-0.39, 0.29) is 5.69 Å². The van der Waals surface area contributed by atoms with Gasteiger partial charge in [0, 0.05) is 6.07 Å². The van der Waals surface area contributed by atoms with Crippen LogP contribution in [0.25, 0.3) is 16.3 Å². The molecular formula is C16H9N3O2S2. The number of aromatic nitrogens is 1. The smallest absolute Gasteiger partial charge is 0.258 e. The Labute approximate surface area is 140 Å². The highest BCUT2D eigenvalue weighted by Crippen LogP contribution is 2.35. The Morgan fingerprint density at radius 3 is 2.74 bits per heavy atom. The number of thiazole rings is 1. The molecule has 23 heavy (non-hydrogen) atoms. The number of nitriles is 1. The summed E-state index contributed by atoms with van der Waals surface area (Å²) >= 11 is 2.70. The molecule has 0 unspecified atom stereocenters. The van der Waals surface area contributed by atoms with E-state index >= 15 is 0 Å². The highest BCUT2D eigenvalue weighted by molar-refractivity contribution is 8.05. The van der Waals surface area contributed by atoms with Crippen LogP contribution in [0, 0.1) is 21.4 Å². The minimum atomic E-state index is -0.455. The second-order valence-electron chi connectivity index (χ2n) is 4.49. The third-order valence-electron chi connectivity index (χ3n) is 3.00. The summed E-state index contributed by atoms with van der Waals surface area (Å²) in [7, 11) is 0. The maximum Gasteiger partial charge on any atom is 0.276 e. The molecule has 5 nitrogen and oxygen atoms in total. The van der Waals surface area contributed by atoms with E-state index in [4.69, 9.17) is 0 Å². The van der Waals surface area contributed by atoms with E-state index in [1.54, 1.807) is 18.2 Å². The summed E-state index contributed by atoms with van der Waals surface area (Å²) in [5, 5.41) is 20.4. The van der Waals surface area contributed by atoms with Gasteiger partial charge in [0.05, 0.1) is 25.6 Å². The average Bonchev–Trinajstić information content (AvgIpc) is 2.96. The van der Waals surface area contributed by atoms with Crippen molar-refractivity contribution in [3.63, 3.8) is 0 Å². The van der Waals surface area contributed by atoms with Gasteiger partial charge in [0.1, 0.15) is 6.07 Å². The zero-order chi connectivity index (χ0) is 16.2. The zero-order valence-corrected chi connectivity index (χ0v) is 13.3. The summed E-state index contributed by atoms with van der Waals surface area (Å²) in [4.78, 5) is 15.4. The molecule has 0 spiro atoms. The Bertz CT molecular complexity index is 924. The van der Waals surface area contributed by atoms with E-state index < -0.39 is 4.92 Å². The second-order valence-corrected chi connectivity index (χ2v) is 6.81. The molecule has 0 saturated heterocycles. The Kier molecular flexibility index (Phi) is 4.37. The molecule has 2 aromatic carbocycles. The molecule has 0 radical (unpaired) electrons. The average molecular weight is 339 g/mol. The van der Waals surface area contributed by atoms with Crippen LogP contribution in [0.4, 0.5) is 5.69 Å². The summed E-state index contributed by atoms with van der Waals surface area (Å²) in [6.45, 7) is 0.